The average molecular weight is 1400 g/mol. The monoisotopic (exact) mass is 1400 g/mol. The van der Waals surface area contributed by atoms with Gasteiger partial charge in [-0.3, -0.25) is 19.8 Å². The van der Waals surface area contributed by atoms with Crippen molar-refractivity contribution in [3.05, 3.63) is 206 Å². The Kier molecular flexibility index (Phi) is 22.4. The summed E-state index contributed by atoms with van der Waals surface area (Å²) < 4.78 is 5.78. The number of aromatic nitrogens is 6. The summed E-state index contributed by atoms with van der Waals surface area (Å²) in [4.78, 5) is 42.2. The van der Waals surface area contributed by atoms with Gasteiger partial charge in [0.15, 0.2) is 17.1 Å². The van der Waals surface area contributed by atoms with Crippen LogP contribution >= 0.6 is 115 Å². The van der Waals surface area contributed by atoms with E-state index in [2.05, 4.69) is 33.2 Å². The van der Waals surface area contributed by atoms with Gasteiger partial charge in [-0.25, -0.2) is 19.1 Å². The van der Waals surface area contributed by atoms with Crippen LogP contribution in [-0.4, -0.2) is 82.4 Å². The largest absolute Gasteiger partial charge is 0.393 e. The molecule has 2 atom stereocenters. The predicted octanol–water partition coefficient (Wildman–Crippen LogP) is 18.6. The van der Waals surface area contributed by atoms with Gasteiger partial charge < -0.3 is 15.7 Å². The molecule has 1 aliphatic carbocycles. The number of hydrazine groups is 1. The molecule has 1 saturated heterocycles. The Morgan fingerprint density at radius 3 is 1.39 bits per heavy atom. The number of piperidine rings is 1. The van der Waals surface area contributed by atoms with Crippen LogP contribution < -0.4 is 16.1 Å². The van der Waals surface area contributed by atoms with Crippen molar-refractivity contribution in [3.63, 3.8) is 0 Å². The van der Waals surface area contributed by atoms with Crippen molar-refractivity contribution in [2.75, 3.05) is 13.1 Å². The number of carbonyl (C=O) groups excluding carboxylic acids is 3. The normalized spacial score (nSPS) is 14.5. The minimum Gasteiger partial charge on any atom is -0.393 e. The van der Waals surface area contributed by atoms with Gasteiger partial charge in [0.25, 0.3) is 17.7 Å². The Hall–Kier alpha value is -6.03. The Morgan fingerprint density at radius 1 is 0.522 bits per heavy atom. The van der Waals surface area contributed by atoms with Gasteiger partial charge >= 0.3 is 0 Å². The first kappa shape index (κ1) is 66.9. The molecule has 0 radical (unpaired) electrons. The van der Waals surface area contributed by atoms with Gasteiger partial charge in [0.2, 0.25) is 0 Å². The number of nitrogens with zero attached hydrogens (tertiary/aromatic N) is 7. The van der Waals surface area contributed by atoms with Crippen molar-refractivity contribution in [2.24, 2.45) is 5.92 Å². The second-order valence-electron chi connectivity index (χ2n) is 22.0. The molecule has 7 heterocycles. The number of carbonyl (C=O) groups is 3. The fraction of sp³-hybridized carbons (Fsp3) is 0.273. The number of hydrogen-bond donors (Lipinski definition) is 4. The molecule has 3 amide bonds. The van der Waals surface area contributed by atoms with E-state index in [9.17, 15) is 19.5 Å². The lowest BCUT2D eigenvalue weighted by Gasteiger charge is -2.29. The van der Waals surface area contributed by atoms with Crippen molar-refractivity contribution in [2.45, 2.75) is 97.8 Å². The maximum atomic E-state index is 13.2. The third-order valence-corrected chi connectivity index (χ3v) is 20.4. The van der Waals surface area contributed by atoms with E-state index >= 15 is 0 Å². The highest BCUT2D eigenvalue weighted by atomic mass is 35.5. The second-order valence-corrected chi connectivity index (χ2v) is 28.1. The molecule has 24 heteroatoms. The Balaban J connectivity index is 0.000000148. The van der Waals surface area contributed by atoms with Gasteiger partial charge in [-0.05, 0) is 161 Å². The summed E-state index contributed by atoms with van der Waals surface area (Å²) in [6.07, 6.45) is 7.06. The van der Waals surface area contributed by atoms with E-state index in [1.807, 2.05) is 116 Å². The van der Waals surface area contributed by atoms with Crippen molar-refractivity contribution in [3.8, 4) is 48.8 Å². The number of aliphatic hydroxyl groups excluding tert-OH is 1. The summed E-state index contributed by atoms with van der Waals surface area (Å²) in [6.45, 7) is 10.9. The van der Waals surface area contributed by atoms with E-state index in [1.165, 1.54) is 43.4 Å². The molecular weight excluding hydrogens is 1340 g/mol. The zero-order valence-corrected chi connectivity index (χ0v) is 57.3. The van der Waals surface area contributed by atoms with E-state index < -0.39 is 0 Å². The molecule has 1 aliphatic heterocycles. The third kappa shape index (κ3) is 15.5. The predicted molar refractivity (Wildman–Crippen MR) is 370 cm³/mol. The first-order valence-electron chi connectivity index (χ1n) is 29.1. The van der Waals surface area contributed by atoms with Gasteiger partial charge in [-0.15, -0.1) is 34.0 Å². The summed E-state index contributed by atoms with van der Waals surface area (Å²) in [5.74, 6) is -0.137. The van der Waals surface area contributed by atoms with Crippen LogP contribution in [-0.2, 0) is 0 Å². The highest BCUT2D eigenvalue weighted by Crippen LogP contribution is 2.40. The third-order valence-electron chi connectivity index (χ3n) is 15.8. The molecule has 10 aromatic rings. The number of hydrogen-bond acceptors (Lipinski definition) is 11. The van der Waals surface area contributed by atoms with Crippen LogP contribution in [0.3, 0.4) is 0 Å². The van der Waals surface area contributed by atoms with E-state index in [1.54, 1.807) is 85.2 Å². The lowest BCUT2D eigenvalue weighted by Crippen LogP contribution is -2.47. The molecule has 4 N–H and O–H groups in total. The number of benzene rings is 4. The van der Waals surface area contributed by atoms with Crippen LogP contribution in [0.4, 0.5) is 0 Å². The van der Waals surface area contributed by atoms with Gasteiger partial charge in [-0.2, -0.15) is 15.3 Å². The molecule has 2 aliphatic rings. The molecular formula is C66H63Cl7N10O4S3. The van der Waals surface area contributed by atoms with Crippen LogP contribution in [0.2, 0.25) is 34.5 Å². The Bertz CT molecular complexity index is 4160. The minimum absolute atomic E-state index is 0.131. The van der Waals surface area contributed by atoms with Crippen molar-refractivity contribution >= 4 is 133 Å². The van der Waals surface area contributed by atoms with E-state index in [-0.39, 0.29) is 35.9 Å². The van der Waals surface area contributed by atoms with Gasteiger partial charge in [-0.1, -0.05) is 143 Å². The molecule has 4 aromatic carbocycles. The van der Waals surface area contributed by atoms with Gasteiger partial charge in [0.05, 0.1) is 80.3 Å². The summed E-state index contributed by atoms with van der Waals surface area (Å²) in [5.41, 5.74) is 11.8. The topological polar surface area (TPSA) is 164 Å². The highest BCUT2D eigenvalue weighted by Gasteiger charge is 2.30. The number of thiophene rings is 3. The van der Waals surface area contributed by atoms with E-state index in [0.717, 1.165) is 48.4 Å². The summed E-state index contributed by atoms with van der Waals surface area (Å²) >= 11 is 48.3. The Morgan fingerprint density at radius 2 is 0.967 bits per heavy atom. The highest BCUT2D eigenvalue weighted by molar-refractivity contribution is 7.19. The van der Waals surface area contributed by atoms with Gasteiger partial charge in [0, 0.05) is 50.9 Å². The van der Waals surface area contributed by atoms with Crippen LogP contribution in [0, 0.1) is 26.7 Å². The number of rotatable bonds is 14. The zero-order valence-electron chi connectivity index (χ0n) is 49.5. The number of nitrogens with one attached hydrogen (secondary N) is 3. The zero-order chi connectivity index (χ0) is 63.9. The van der Waals surface area contributed by atoms with Crippen molar-refractivity contribution in [1.29, 1.82) is 0 Å². The number of halogens is 7. The molecule has 468 valence electrons. The molecule has 12 rings (SSSR count). The van der Waals surface area contributed by atoms with E-state index in [0.29, 0.717) is 106 Å². The molecule has 0 unspecified atom stereocenters. The maximum absolute atomic E-state index is 13.2. The van der Waals surface area contributed by atoms with Crippen LogP contribution in [0.15, 0.2) is 132 Å². The smallest absolute Gasteiger partial charge is 0.286 e. The van der Waals surface area contributed by atoms with E-state index in [4.69, 9.17) is 86.3 Å². The standard InChI is InChI=1S/C23H25Cl2N3OS.C23H19Cl2N3OS.C20H19Cl3N4O2S/c2*1-14-21(23(29)26-15(2)16-7-4-3-5-8-16)27-28(22(14)20-9-6-12-30-20)19-11-10-17(24)13-18(19)25;1-11-18(20(29)25-26-8-6-13(28)7-9-26)24-27(15-3-2-12(21)10-14(15)22)19(11)16-4-5-17(23)30-16/h6,9-13,15-16H,3-5,7-8H2,1-2H3,(H,26,29);3-13,15H,1-2H3,(H,26,29);2-5,10,13,28H,6-9H2,1H3,(H,25,29)/t2*15-;/m11./s1. The molecule has 0 bridgehead atoms. The van der Waals surface area contributed by atoms with Crippen LogP contribution in [0.1, 0.15) is 119 Å². The average Bonchev–Trinajstić information content (AvgIpc) is 1.67. The number of amides is 3. The second kappa shape index (κ2) is 30.2. The molecule has 0 spiro atoms. The summed E-state index contributed by atoms with van der Waals surface area (Å²) in [5, 5.41) is 38.7. The molecule has 14 nitrogen and oxygen atoms in total. The first-order valence-corrected chi connectivity index (χ1v) is 34.4. The van der Waals surface area contributed by atoms with Crippen molar-refractivity contribution in [1.82, 2.24) is 50.4 Å². The fourth-order valence-electron chi connectivity index (χ4n) is 11.0. The van der Waals surface area contributed by atoms with Crippen molar-refractivity contribution < 1.29 is 19.5 Å². The van der Waals surface area contributed by atoms with Gasteiger partial charge in [0.1, 0.15) is 0 Å². The maximum Gasteiger partial charge on any atom is 0.286 e. The van der Waals surface area contributed by atoms with Crippen LogP contribution in [0.5, 0.6) is 0 Å². The number of aliphatic hydroxyl groups is 1. The first-order chi connectivity index (χ1) is 43.2. The Labute approximate surface area is 569 Å². The molecule has 2 fully saturated rings. The lowest BCUT2D eigenvalue weighted by molar-refractivity contribution is 0.0463. The lowest BCUT2D eigenvalue weighted by atomic mass is 9.84. The van der Waals surface area contributed by atoms with Crippen LogP contribution in [0.25, 0.3) is 48.8 Å². The summed E-state index contributed by atoms with van der Waals surface area (Å²) in [7, 11) is 0. The molecule has 6 aromatic heterocycles. The fourth-order valence-corrected chi connectivity index (χ4v) is 15.3. The summed E-state index contributed by atoms with van der Waals surface area (Å²) in [6, 6.07) is 37.2. The quantitative estimate of drug-likeness (QED) is 0.0836. The molecule has 90 heavy (non-hydrogen) atoms. The SMILES string of the molecule is Cc1c(C(=O)NN2CCC(O)CC2)nn(-c2ccc(Cl)cc2Cl)c1-c1ccc(Cl)s1.Cc1c(C(=O)N[C@H](C)C2CCCCC2)nn(-c2ccc(Cl)cc2Cl)c1-c1cccs1.Cc1c(C(=O)N[C@H](C)c2ccccc2)nn(-c2ccc(Cl)cc2Cl)c1-c1cccs1. The minimum atomic E-state index is -0.318. The molecule has 1 saturated carbocycles.